The van der Waals surface area contributed by atoms with Crippen LogP contribution in [0.2, 0.25) is 0 Å². The molecule has 0 radical (unpaired) electrons. The summed E-state index contributed by atoms with van der Waals surface area (Å²) in [4.78, 5) is 0. The standard InChI is InChI=1S/C13H25NO2/c1-11(12(2)4-5-12)14-10-13(15-3)6-8-16-9-7-13/h11,14H,4-10H2,1-3H3. The van der Waals surface area contributed by atoms with Gasteiger partial charge in [0.05, 0.1) is 5.60 Å². The number of hydrogen-bond acceptors (Lipinski definition) is 3. The minimum Gasteiger partial charge on any atom is -0.381 e. The Morgan fingerprint density at radius 1 is 1.25 bits per heavy atom. The fourth-order valence-corrected chi connectivity index (χ4v) is 2.41. The molecule has 1 unspecified atom stereocenters. The molecule has 0 aromatic heterocycles. The largest absolute Gasteiger partial charge is 0.381 e. The van der Waals surface area contributed by atoms with Gasteiger partial charge in [-0.2, -0.15) is 0 Å². The molecule has 0 spiro atoms. The predicted octanol–water partition coefficient (Wildman–Crippen LogP) is 1.96. The van der Waals surface area contributed by atoms with E-state index in [2.05, 4.69) is 19.2 Å². The first kappa shape index (κ1) is 12.3. The zero-order valence-electron chi connectivity index (χ0n) is 10.8. The van der Waals surface area contributed by atoms with Crippen molar-refractivity contribution in [2.75, 3.05) is 26.9 Å². The van der Waals surface area contributed by atoms with Gasteiger partial charge in [-0.25, -0.2) is 0 Å². The second-order valence-electron chi connectivity index (χ2n) is 5.76. The minimum absolute atomic E-state index is 0.0117. The van der Waals surface area contributed by atoms with Crippen molar-refractivity contribution in [1.29, 1.82) is 0 Å². The van der Waals surface area contributed by atoms with E-state index in [4.69, 9.17) is 9.47 Å². The summed E-state index contributed by atoms with van der Waals surface area (Å²) in [5.41, 5.74) is 0.553. The third-order valence-electron chi connectivity index (χ3n) is 4.65. The van der Waals surface area contributed by atoms with Crippen LogP contribution in [0.5, 0.6) is 0 Å². The summed E-state index contributed by atoms with van der Waals surface area (Å²) in [5, 5.41) is 3.67. The lowest BCUT2D eigenvalue weighted by Gasteiger charge is -2.37. The molecule has 0 bridgehead atoms. The van der Waals surface area contributed by atoms with Crippen LogP contribution in [0.1, 0.15) is 39.5 Å². The first-order chi connectivity index (χ1) is 7.60. The molecule has 1 heterocycles. The summed E-state index contributed by atoms with van der Waals surface area (Å²) < 4.78 is 11.1. The molecule has 1 aliphatic heterocycles. The summed E-state index contributed by atoms with van der Waals surface area (Å²) >= 11 is 0. The Morgan fingerprint density at radius 2 is 1.88 bits per heavy atom. The molecule has 1 saturated carbocycles. The fourth-order valence-electron chi connectivity index (χ4n) is 2.41. The van der Waals surface area contributed by atoms with Crippen LogP contribution in [0, 0.1) is 5.41 Å². The second kappa shape index (κ2) is 4.63. The molecular weight excluding hydrogens is 202 g/mol. The molecule has 3 heteroatoms. The summed E-state index contributed by atoms with van der Waals surface area (Å²) in [6.45, 7) is 7.30. The van der Waals surface area contributed by atoms with Gasteiger partial charge in [-0.3, -0.25) is 0 Å². The first-order valence-electron chi connectivity index (χ1n) is 6.47. The van der Waals surface area contributed by atoms with Gasteiger partial charge in [-0.15, -0.1) is 0 Å². The normalized spacial score (nSPS) is 28.7. The molecule has 0 aromatic carbocycles. The molecular formula is C13H25NO2. The quantitative estimate of drug-likeness (QED) is 0.779. The Hall–Kier alpha value is -0.120. The van der Waals surface area contributed by atoms with Gasteiger partial charge in [0.2, 0.25) is 0 Å². The third-order valence-corrected chi connectivity index (χ3v) is 4.65. The predicted molar refractivity (Wildman–Crippen MR) is 64.6 cm³/mol. The van der Waals surface area contributed by atoms with Crippen LogP contribution < -0.4 is 5.32 Å². The van der Waals surface area contributed by atoms with Gasteiger partial charge in [0.1, 0.15) is 0 Å². The van der Waals surface area contributed by atoms with Crippen molar-refractivity contribution in [2.45, 2.75) is 51.2 Å². The Morgan fingerprint density at radius 3 is 2.38 bits per heavy atom. The maximum Gasteiger partial charge on any atom is 0.0846 e. The van der Waals surface area contributed by atoms with E-state index >= 15 is 0 Å². The first-order valence-corrected chi connectivity index (χ1v) is 6.47. The molecule has 1 atom stereocenters. The molecule has 1 aliphatic carbocycles. The average Bonchev–Trinajstić information content (AvgIpc) is 3.07. The molecule has 1 saturated heterocycles. The summed E-state index contributed by atoms with van der Waals surface area (Å²) in [6.07, 6.45) is 4.76. The highest BCUT2D eigenvalue weighted by Crippen LogP contribution is 2.48. The van der Waals surface area contributed by atoms with E-state index in [1.54, 1.807) is 0 Å². The topological polar surface area (TPSA) is 30.5 Å². The van der Waals surface area contributed by atoms with Crippen molar-refractivity contribution in [3.63, 3.8) is 0 Å². The summed E-state index contributed by atoms with van der Waals surface area (Å²) in [6, 6.07) is 0.599. The minimum atomic E-state index is 0.0117. The Kier molecular flexibility index (Phi) is 3.57. The lowest BCUT2D eigenvalue weighted by Crippen LogP contribution is -2.50. The maximum absolute atomic E-state index is 5.72. The third kappa shape index (κ3) is 2.58. The van der Waals surface area contributed by atoms with Gasteiger partial charge in [-0.05, 0) is 25.2 Å². The highest BCUT2D eigenvalue weighted by molar-refractivity contribution is 4.98. The molecule has 0 aromatic rings. The maximum atomic E-state index is 5.72. The van der Waals surface area contributed by atoms with Crippen LogP contribution in [-0.4, -0.2) is 38.5 Å². The van der Waals surface area contributed by atoms with Crippen LogP contribution in [0.15, 0.2) is 0 Å². The SMILES string of the molecule is COC1(CNC(C)C2(C)CC2)CCOCC1. The van der Waals surface area contributed by atoms with Crippen LogP contribution in [0.25, 0.3) is 0 Å². The molecule has 2 rings (SSSR count). The highest BCUT2D eigenvalue weighted by Gasteiger charge is 2.43. The number of ether oxygens (including phenoxy) is 2. The smallest absolute Gasteiger partial charge is 0.0846 e. The van der Waals surface area contributed by atoms with E-state index in [1.165, 1.54) is 12.8 Å². The van der Waals surface area contributed by atoms with Crippen LogP contribution in [-0.2, 0) is 9.47 Å². The van der Waals surface area contributed by atoms with Crippen molar-refractivity contribution in [3.05, 3.63) is 0 Å². The fraction of sp³-hybridized carbons (Fsp3) is 1.00. The summed E-state index contributed by atoms with van der Waals surface area (Å²) in [5.74, 6) is 0. The van der Waals surface area contributed by atoms with Crippen molar-refractivity contribution in [2.24, 2.45) is 5.41 Å². The van der Waals surface area contributed by atoms with E-state index in [0.29, 0.717) is 11.5 Å². The van der Waals surface area contributed by atoms with Crippen LogP contribution in [0.4, 0.5) is 0 Å². The molecule has 16 heavy (non-hydrogen) atoms. The molecule has 1 N–H and O–H groups in total. The van der Waals surface area contributed by atoms with Gasteiger partial charge in [0.15, 0.2) is 0 Å². The molecule has 2 fully saturated rings. The van der Waals surface area contributed by atoms with Crippen LogP contribution >= 0.6 is 0 Å². The Balaban J connectivity index is 1.82. The lowest BCUT2D eigenvalue weighted by molar-refractivity contribution is -0.0891. The Bertz CT molecular complexity index is 232. The zero-order chi connectivity index (χ0) is 11.6. The van der Waals surface area contributed by atoms with Crippen molar-refractivity contribution < 1.29 is 9.47 Å². The van der Waals surface area contributed by atoms with Gasteiger partial charge in [-0.1, -0.05) is 6.92 Å². The monoisotopic (exact) mass is 227 g/mol. The lowest BCUT2D eigenvalue weighted by atomic mass is 9.92. The van der Waals surface area contributed by atoms with Gasteiger partial charge >= 0.3 is 0 Å². The Labute approximate surface area is 98.9 Å². The second-order valence-corrected chi connectivity index (χ2v) is 5.76. The van der Waals surface area contributed by atoms with Gasteiger partial charge in [0, 0.05) is 45.8 Å². The average molecular weight is 227 g/mol. The van der Waals surface area contributed by atoms with Crippen molar-refractivity contribution in [1.82, 2.24) is 5.32 Å². The number of nitrogens with one attached hydrogen (secondary N) is 1. The number of methoxy groups -OCH3 is 1. The van der Waals surface area contributed by atoms with Gasteiger partial charge in [0.25, 0.3) is 0 Å². The highest BCUT2D eigenvalue weighted by atomic mass is 16.5. The van der Waals surface area contributed by atoms with Crippen molar-refractivity contribution >= 4 is 0 Å². The van der Waals surface area contributed by atoms with E-state index in [1.807, 2.05) is 7.11 Å². The molecule has 94 valence electrons. The number of rotatable bonds is 5. The van der Waals surface area contributed by atoms with E-state index < -0.39 is 0 Å². The molecule has 0 amide bonds. The van der Waals surface area contributed by atoms with E-state index in [0.717, 1.165) is 32.6 Å². The van der Waals surface area contributed by atoms with Crippen molar-refractivity contribution in [3.8, 4) is 0 Å². The van der Waals surface area contributed by atoms with Gasteiger partial charge < -0.3 is 14.8 Å². The van der Waals surface area contributed by atoms with Crippen LogP contribution in [0.3, 0.4) is 0 Å². The van der Waals surface area contributed by atoms with E-state index in [9.17, 15) is 0 Å². The molecule has 3 nitrogen and oxygen atoms in total. The zero-order valence-corrected chi connectivity index (χ0v) is 10.8. The van der Waals surface area contributed by atoms with E-state index in [-0.39, 0.29) is 5.60 Å². The number of hydrogen-bond donors (Lipinski definition) is 1. The molecule has 2 aliphatic rings. The summed E-state index contributed by atoms with van der Waals surface area (Å²) in [7, 11) is 1.83.